The number of nitrogens with zero attached hydrogens (tertiary/aromatic N) is 1. The minimum Gasteiger partial charge on any atom is -0.312 e. The molecule has 2 rings (SSSR count). The van der Waals surface area contributed by atoms with Crippen LogP contribution in [0.25, 0.3) is 0 Å². The number of nitrogens with one attached hydrogen (secondary N) is 2. The van der Waals surface area contributed by atoms with Gasteiger partial charge in [0.05, 0.1) is 10.9 Å². The molecule has 0 saturated carbocycles. The fourth-order valence-corrected chi connectivity index (χ4v) is 5.35. The summed E-state index contributed by atoms with van der Waals surface area (Å²) in [5.74, 6) is 0. The van der Waals surface area contributed by atoms with E-state index in [-0.39, 0.29) is 6.04 Å². The van der Waals surface area contributed by atoms with E-state index in [4.69, 9.17) is 0 Å². The van der Waals surface area contributed by atoms with E-state index in [2.05, 4.69) is 15.0 Å². The summed E-state index contributed by atoms with van der Waals surface area (Å²) < 4.78 is 27.7. The first kappa shape index (κ1) is 16.6. The van der Waals surface area contributed by atoms with E-state index in [9.17, 15) is 8.42 Å². The highest BCUT2D eigenvalue weighted by Crippen LogP contribution is 2.25. The van der Waals surface area contributed by atoms with Crippen LogP contribution in [0.2, 0.25) is 0 Å². The zero-order valence-corrected chi connectivity index (χ0v) is 14.7. The first-order valence-corrected chi connectivity index (χ1v) is 9.89. The number of hydrogen-bond donors (Lipinski definition) is 2. The number of aryl methyl sites for hydroxylation is 1. The van der Waals surface area contributed by atoms with Gasteiger partial charge in [-0.05, 0) is 31.8 Å². The lowest BCUT2D eigenvalue weighted by Gasteiger charge is -2.12. The van der Waals surface area contributed by atoms with E-state index in [1.807, 2.05) is 26.2 Å². The molecule has 0 radical (unpaired) electrons. The summed E-state index contributed by atoms with van der Waals surface area (Å²) in [7, 11) is -3.53. The van der Waals surface area contributed by atoms with E-state index in [1.165, 1.54) is 22.7 Å². The Morgan fingerprint density at radius 2 is 2.14 bits per heavy atom. The van der Waals surface area contributed by atoms with Gasteiger partial charge in [0.1, 0.15) is 5.01 Å². The third-order valence-corrected chi connectivity index (χ3v) is 6.69. The average Bonchev–Trinajstić information content (AvgIpc) is 3.04. The number of sulfonamides is 1. The molecular formula is C13H19N3O2S3. The normalized spacial score (nSPS) is 13.5. The van der Waals surface area contributed by atoms with Crippen molar-refractivity contribution in [1.29, 1.82) is 0 Å². The molecule has 0 bridgehead atoms. The minimum absolute atomic E-state index is 0.333. The topological polar surface area (TPSA) is 71.1 Å². The van der Waals surface area contributed by atoms with Gasteiger partial charge in [-0.15, -0.1) is 22.7 Å². The van der Waals surface area contributed by atoms with Gasteiger partial charge in [0.2, 0.25) is 10.0 Å². The van der Waals surface area contributed by atoms with Gasteiger partial charge in [0, 0.05) is 22.5 Å². The molecule has 8 heteroatoms. The van der Waals surface area contributed by atoms with E-state index in [0.29, 0.717) is 11.4 Å². The molecule has 2 aromatic heterocycles. The summed E-state index contributed by atoms with van der Waals surface area (Å²) in [6, 6.07) is 1.32. The lowest BCUT2D eigenvalue weighted by molar-refractivity contribution is 0.564. The maximum Gasteiger partial charge on any atom is 0.242 e. The number of rotatable bonds is 7. The standard InChI is InChI=1S/C13H19N3O2S3/c1-4-14-7-11-12(5-6-19-11)21(17,18)16-10(3)13-15-9(2)8-20-13/h5-6,8,10,14,16H,4,7H2,1-3H3. The van der Waals surface area contributed by atoms with Gasteiger partial charge in [-0.3, -0.25) is 0 Å². The average molecular weight is 346 g/mol. The van der Waals surface area contributed by atoms with Crippen molar-refractivity contribution in [3.63, 3.8) is 0 Å². The third kappa shape index (κ3) is 4.10. The van der Waals surface area contributed by atoms with Gasteiger partial charge >= 0.3 is 0 Å². The molecule has 0 aromatic carbocycles. The lowest BCUT2D eigenvalue weighted by Crippen LogP contribution is -2.27. The van der Waals surface area contributed by atoms with Crippen LogP contribution < -0.4 is 10.0 Å². The summed E-state index contributed by atoms with van der Waals surface area (Å²) in [6.07, 6.45) is 0. The summed E-state index contributed by atoms with van der Waals surface area (Å²) in [6.45, 7) is 7.07. The predicted octanol–water partition coefficient (Wildman–Crippen LogP) is 2.66. The number of thiophene rings is 1. The van der Waals surface area contributed by atoms with E-state index < -0.39 is 10.0 Å². The second kappa shape index (κ2) is 6.97. The Hall–Kier alpha value is -0.800. The van der Waals surface area contributed by atoms with Gasteiger partial charge in [0.15, 0.2) is 0 Å². The molecule has 0 aliphatic carbocycles. The lowest BCUT2D eigenvalue weighted by atomic mass is 10.4. The van der Waals surface area contributed by atoms with Crippen LogP contribution in [0, 0.1) is 6.92 Å². The maximum absolute atomic E-state index is 12.5. The fourth-order valence-electron chi connectivity index (χ4n) is 1.85. The third-order valence-electron chi connectivity index (χ3n) is 2.87. The smallest absolute Gasteiger partial charge is 0.242 e. The van der Waals surface area contributed by atoms with Gasteiger partial charge < -0.3 is 5.32 Å². The molecule has 5 nitrogen and oxygen atoms in total. The Balaban J connectivity index is 2.16. The van der Waals surface area contributed by atoms with E-state index in [0.717, 1.165) is 22.1 Å². The molecular weight excluding hydrogens is 326 g/mol. The van der Waals surface area contributed by atoms with Crippen LogP contribution in [0.4, 0.5) is 0 Å². The molecule has 0 aliphatic heterocycles. The Bertz CT molecular complexity index is 691. The highest BCUT2D eigenvalue weighted by Gasteiger charge is 2.23. The van der Waals surface area contributed by atoms with Gasteiger partial charge in [-0.1, -0.05) is 6.92 Å². The second-order valence-corrected chi connectivity index (χ2v) is 8.23. The Labute approximate surface area is 133 Å². The minimum atomic E-state index is -3.53. The molecule has 21 heavy (non-hydrogen) atoms. The number of thiazole rings is 1. The molecule has 0 spiro atoms. The first-order chi connectivity index (χ1) is 9.94. The predicted molar refractivity (Wildman–Crippen MR) is 87.3 cm³/mol. The molecule has 1 unspecified atom stereocenters. The molecule has 116 valence electrons. The van der Waals surface area contributed by atoms with Crippen molar-refractivity contribution in [2.45, 2.75) is 38.3 Å². The fraction of sp³-hybridized carbons (Fsp3) is 0.462. The molecule has 0 saturated heterocycles. The number of hydrogen-bond acceptors (Lipinski definition) is 6. The van der Waals surface area contributed by atoms with Crippen LogP contribution in [0.15, 0.2) is 21.7 Å². The Morgan fingerprint density at radius 1 is 1.38 bits per heavy atom. The Kier molecular flexibility index (Phi) is 5.50. The molecule has 1 atom stereocenters. The van der Waals surface area contributed by atoms with Crippen molar-refractivity contribution in [3.8, 4) is 0 Å². The van der Waals surface area contributed by atoms with Gasteiger partial charge in [-0.2, -0.15) is 0 Å². The van der Waals surface area contributed by atoms with Gasteiger partial charge in [0.25, 0.3) is 0 Å². The van der Waals surface area contributed by atoms with E-state index >= 15 is 0 Å². The van der Waals surface area contributed by atoms with Crippen molar-refractivity contribution in [2.75, 3.05) is 6.54 Å². The highest BCUT2D eigenvalue weighted by atomic mass is 32.2. The zero-order valence-electron chi connectivity index (χ0n) is 12.2. The Morgan fingerprint density at radius 3 is 2.76 bits per heavy atom. The van der Waals surface area contributed by atoms with Crippen molar-refractivity contribution >= 4 is 32.7 Å². The van der Waals surface area contributed by atoms with Crippen LogP contribution in [-0.2, 0) is 16.6 Å². The maximum atomic E-state index is 12.5. The molecule has 0 fully saturated rings. The molecule has 0 amide bonds. The van der Waals surface area contributed by atoms with Crippen molar-refractivity contribution in [1.82, 2.24) is 15.0 Å². The SMILES string of the molecule is CCNCc1sccc1S(=O)(=O)NC(C)c1nc(C)cs1. The second-order valence-electron chi connectivity index (χ2n) is 4.66. The quantitative estimate of drug-likeness (QED) is 0.809. The van der Waals surface area contributed by atoms with Crippen molar-refractivity contribution in [3.05, 3.63) is 32.4 Å². The number of aromatic nitrogens is 1. The van der Waals surface area contributed by atoms with Crippen molar-refractivity contribution in [2.24, 2.45) is 0 Å². The van der Waals surface area contributed by atoms with Crippen LogP contribution in [0.5, 0.6) is 0 Å². The highest BCUT2D eigenvalue weighted by molar-refractivity contribution is 7.89. The molecule has 0 aliphatic rings. The summed E-state index contributed by atoms with van der Waals surface area (Å²) in [5, 5.41) is 7.66. The first-order valence-electron chi connectivity index (χ1n) is 6.65. The summed E-state index contributed by atoms with van der Waals surface area (Å²) in [4.78, 5) is 5.51. The van der Waals surface area contributed by atoms with E-state index in [1.54, 1.807) is 11.4 Å². The van der Waals surface area contributed by atoms with Gasteiger partial charge in [-0.25, -0.2) is 18.1 Å². The zero-order chi connectivity index (χ0) is 15.5. The van der Waals surface area contributed by atoms with Crippen LogP contribution >= 0.6 is 22.7 Å². The monoisotopic (exact) mass is 345 g/mol. The van der Waals surface area contributed by atoms with Crippen LogP contribution in [0.1, 0.15) is 35.5 Å². The van der Waals surface area contributed by atoms with Crippen LogP contribution in [-0.4, -0.2) is 19.9 Å². The molecule has 2 N–H and O–H groups in total. The van der Waals surface area contributed by atoms with Crippen molar-refractivity contribution < 1.29 is 8.42 Å². The molecule has 2 aromatic rings. The summed E-state index contributed by atoms with van der Waals surface area (Å²) >= 11 is 2.91. The largest absolute Gasteiger partial charge is 0.312 e. The summed E-state index contributed by atoms with van der Waals surface area (Å²) in [5.41, 5.74) is 0.907. The molecule has 2 heterocycles. The van der Waals surface area contributed by atoms with Crippen LogP contribution in [0.3, 0.4) is 0 Å².